The molecular weight excluding hydrogens is 869 g/mol. The molecule has 2 aromatic heterocycles. The largest absolute Gasteiger partial charge is 0.453 e. The van der Waals surface area contributed by atoms with Crippen LogP contribution in [-0.4, -0.2) is 93.1 Å². The van der Waals surface area contributed by atoms with Gasteiger partial charge >= 0.3 is 12.2 Å². The molecule has 14 nitrogen and oxygen atoms in total. The summed E-state index contributed by atoms with van der Waals surface area (Å²) in [6.45, 7) is 13.2. The van der Waals surface area contributed by atoms with E-state index < -0.39 is 24.3 Å². The van der Waals surface area contributed by atoms with E-state index in [9.17, 15) is 19.2 Å². The number of hydrogen-bond donors (Lipinski definition) is 4. The monoisotopic (exact) mass is 937 g/mol. The number of H-pyrrole nitrogens is 2. The third-order valence-corrected chi connectivity index (χ3v) is 15.4. The molecule has 6 unspecified atom stereocenters. The number of imidazole rings is 2. The number of methoxy groups -OCH3 is 2. The lowest BCUT2D eigenvalue weighted by Gasteiger charge is -2.30. The highest BCUT2D eigenvalue weighted by Gasteiger charge is 2.43. The van der Waals surface area contributed by atoms with Crippen LogP contribution in [-0.2, 0) is 31.9 Å². The average Bonchev–Trinajstić information content (AvgIpc) is 4.22. The minimum absolute atomic E-state index is 0.111. The zero-order valence-corrected chi connectivity index (χ0v) is 41.4. The fraction of sp³-hybridized carbons (Fsp3) is 0.491. The van der Waals surface area contributed by atoms with Gasteiger partial charge in [0, 0.05) is 13.1 Å². The van der Waals surface area contributed by atoms with Crippen molar-refractivity contribution in [3.05, 3.63) is 95.8 Å². The average molecular weight is 937 g/mol. The van der Waals surface area contributed by atoms with E-state index in [0.29, 0.717) is 18.5 Å². The minimum Gasteiger partial charge on any atom is -0.453 e. The van der Waals surface area contributed by atoms with Gasteiger partial charge in [-0.25, -0.2) is 19.6 Å². The summed E-state index contributed by atoms with van der Waals surface area (Å²) >= 11 is 0. The third-order valence-electron chi connectivity index (χ3n) is 15.4. The van der Waals surface area contributed by atoms with Crippen LogP contribution in [0, 0.1) is 29.1 Å². The standard InChI is InChI=1S/C55H68N8O6/c1-31(2)47(60-53(66)68-7)51(64)62-29-33(5)23-45(62)49-56-27-43(58-49)37-15-11-35(12-16-37)39-19-20-40(42-26-55(25-41(39)42)21-9-10-22-55)36-13-17-38(18-14-36)44-28-57-50(59-44)46-24-34(6)30-63(46)52(65)48(32(3)4)61-54(67)69-8/h11-20,27-28,31-34,45-48H,9-10,21-26,29-30H2,1-8H3,(H,56,58)(H,57,59)(H,60,66)(H,61,67). The fourth-order valence-electron chi connectivity index (χ4n) is 11.7. The molecule has 0 radical (unpaired) electrons. The first kappa shape index (κ1) is 47.6. The van der Waals surface area contributed by atoms with Crippen molar-refractivity contribution in [3.8, 4) is 44.8 Å². The molecule has 1 saturated carbocycles. The van der Waals surface area contributed by atoms with E-state index in [1.807, 2.05) is 49.9 Å². The van der Waals surface area contributed by atoms with Crippen LogP contribution in [0.25, 0.3) is 44.8 Å². The summed E-state index contributed by atoms with van der Waals surface area (Å²) in [7, 11) is 2.61. The van der Waals surface area contributed by atoms with Gasteiger partial charge in [-0.3, -0.25) is 9.59 Å². The number of ether oxygens (including phenoxy) is 2. The highest BCUT2D eigenvalue weighted by Crippen LogP contribution is 2.53. The predicted molar refractivity (Wildman–Crippen MR) is 266 cm³/mol. The highest BCUT2D eigenvalue weighted by atomic mass is 16.5. The van der Waals surface area contributed by atoms with E-state index >= 15 is 0 Å². The molecule has 364 valence electrons. The van der Waals surface area contributed by atoms with Crippen LogP contribution in [0.3, 0.4) is 0 Å². The molecule has 3 aromatic carbocycles. The van der Waals surface area contributed by atoms with Gasteiger partial charge in [0.2, 0.25) is 11.8 Å². The number of rotatable bonds is 12. The normalized spacial score (nSPS) is 21.5. The summed E-state index contributed by atoms with van der Waals surface area (Å²) in [6.07, 6.45) is 11.3. The minimum atomic E-state index is -0.697. The van der Waals surface area contributed by atoms with Crippen LogP contribution in [0.5, 0.6) is 0 Å². The number of aromatic nitrogens is 4. The van der Waals surface area contributed by atoms with Gasteiger partial charge < -0.3 is 39.9 Å². The smallest absolute Gasteiger partial charge is 0.407 e. The summed E-state index contributed by atoms with van der Waals surface area (Å²) < 4.78 is 9.66. The summed E-state index contributed by atoms with van der Waals surface area (Å²) in [6, 6.07) is 20.3. The van der Waals surface area contributed by atoms with Gasteiger partial charge in [-0.05, 0) is 112 Å². The maximum absolute atomic E-state index is 13.9. The van der Waals surface area contributed by atoms with Crippen molar-refractivity contribution in [2.75, 3.05) is 27.3 Å². The number of alkyl carbamates (subject to hydrolysis) is 2. The Morgan fingerprint density at radius 2 is 0.986 bits per heavy atom. The second kappa shape index (κ2) is 19.5. The van der Waals surface area contributed by atoms with Gasteiger partial charge in [0.25, 0.3) is 0 Å². The van der Waals surface area contributed by atoms with Crippen LogP contribution in [0.15, 0.2) is 73.1 Å². The topological polar surface area (TPSA) is 175 Å². The van der Waals surface area contributed by atoms with Gasteiger partial charge in [-0.15, -0.1) is 0 Å². The lowest BCUT2D eigenvalue weighted by atomic mass is 9.82. The number of nitrogens with zero attached hydrogens (tertiary/aromatic N) is 4. The number of carbonyl (C=O) groups is 4. The number of benzene rings is 3. The van der Waals surface area contributed by atoms with Crippen molar-refractivity contribution in [3.63, 3.8) is 0 Å². The molecule has 14 heteroatoms. The van der Waals surface area contributed by atoms with Crippen LogP contribution in [0.2, 0.25) is 0 Å². The lowest BCUT2D eigenvalue weighted by molar-refractivity contribution is -0.136. The Kier molecular flexibility index (Phi) is 13.5. The number of hydrogen-bond acceptors (Lipinski definition) is 8. The fourth-order valence-corrected chi connectivity index (χ4v) is 11.7. The van der Waals surface area contributed by atoms with E-state index in [0.717, 1.165) is 59.8 Å². The number of fused-ring (bicyclic) bond motifs is 1. The van der Waals surface area contributed by atoms with Gasteiger partial charge in [0.05, 0.1) is 50.1 Å². The molecule has 0 bridgehead atoms. The molecular formula is C55H68N8O6. The third kappa shape index (κ3) is 9.51. The van der Waals surface area contributed by atoms with Crippen molar-refractivity contribution in [2.24, 2.45) is 29.1 Å². The van der Waals surface area contributed by atoms with E-state index in [-0.39, 0.29) is 47.6 Å². The Labute approximate surface area is 405 Å². The van der Waals surface area contributed by atoms with Gasteiger partial charge in [-0.2, -0.15) is 0 Å². The second-order valence-electron chi connectivity index (χ2n) is 21.1. The molecule has 4 aliphatic rings. The number of aromatic amines is 2. The maximum Gasteiger partial charge on any atom is 0.407 e. The van der Waals surface area contributed by atoms with E-state index in [1.54, 1.807) is 0 Å². The Morgan fingerprint density at radius 3 is 1.35 bits per heavy atom. The van der Waals surface area contributed by atoms with Crippen molar-refractivity contribution >= 4 is 24.0 Å². The molecule has 2 saturated heterocycles. The SMILES string of the molecule is COC(=O)NC(C(=O)N1CC(C)CC1c1ncc(-c2ccc(-c3ccc(-c4ccc(-c5cnc(C6CC(C)CN6C(=O)C(NC(=O)OC)C(C)C)[nH]5)cc4)c4c3CC3(CCCC3)C4)cc2)[nH]1)C(C)C. The van der Waals surface area contributed by atoms with Crippen molar-refractivity contribution in [1.82, 2.24) is 40.4 Å². The highest BCUT2D eigenvalue weighted by molar-refractivity contribution is 5.87. The Bertz CT molecular complexity index is 2500. The van der Waals surface area contributed by atoms with E-state index in [2.05, 4.69) is 95.1 Å². The molecule has 5 aromatic rings. The first-order valence-corrected chi connectivity index (χ1v) is 24.9. The molecule has 4 N–H and O–H groups in total. The first-order chi connectivity index (χ1) is 33.1. The number of amides is 4. The van der Waals surface area contributed by atoms with Crippen molar-refractivity contribution in [2.45, 2.75) is 117 Å². The first-order valence-electron chi connectivity index (χ1n) is 24.9. The number of likely N-dealkylation sites (tertiary alicyclic amines) is 2. The Morgan fingerprint density at radius 1 is 0.609 bits per heavy atom. The van der Waals surface area contributed by atoms with E-state index in [4.69, 9.17) is 19.4 Å². The summed E-state index contributed by atoms with van der Waals surface area (Å²) in [5.74, 6) is 1.58. The van der Waals surface area contributed by atoms with Gasteiger partial charge in [0.1, 0.15) is 23.7 Å². The van der Waals surface area contributed by atoms with Crippen molar-refractivity contribution < 1.29 is 28.7 Å². The van der Waals surface area contributed by atoms with Gasteiger partial charge in [-0.1, -0.05) is 115 Å². The summed E-state index contributed by atoms with van der Waals surface area (Å²) in [4.78, 5) is 72.4. The Hall–Kier alpha value is -6.44. The maximum atomic E-state index is 13.9. The van der Waals surface area contributed by atoms with Crippen LogP contribution in [0.1, 0.15) is 115 Å². The molecule has 9 rings (SSSR count). The molecule has 6 atom stereocenters. The van der Waals surface area contributed by atoms with Crippen LogP contribution in [0.4, 0.5) is 9.59 Å². The Balaban J connectivity index is 0.935. The van der Waals surface area contributed by atoms with E-state index in [1.165, 1.54) is 73.3 Å². The summed E-state index contributed by atoms with van der Waals surface area (Å²) in [5.41, 5.74) is 12.0. The zero-order valence-electron chi connectivity index (χ0n) is 41.4. The molecule has 1 spiro atoms. The second-order valence-corrected chi connectivity index (χ2v) is 21.1. The zero-order chi connectivity index (χ0) is 48.7. The number of nitrogens with one attached hydrogen (secondary N) is 4. The van der Waals surface area contributed by atoms with Crippen LogP contribution >= 0.6 is 0 Å². The lowest BCUT2D eigenvalue weighted by Crippen LogP contribution is -2.51. The molecule has 4 heterocycles. The molecule has 69 heavy (non-hydrogen) atoms. The van der Waals surface area contributed by atoms with Crippen molar-refractivity contribution in [1.29, 1.82) is 0 Å². The predicted octanol–water partition coefficient (Wildman–Crippen LogP) is 10.0. The molecule has 2 aliphatic carbocycles. The molecule has 3 fully saturated rings. The number of carbonyl (C=O) groups excluding carboxylic acids is 4. The molecule has 4 amide bonds. The summed E-state index contributed by atoms with van der Waals surface area (Å²) in [5, 5.41) is 5.49. The molecule has 2 aliphatic heterocycles. The quantitative estimate of drug-likeness (QED) is 0.0956. The van der Waals surface area contributed by atoms with Gasteiger partial charge in [0.15, 0.2) is 0 Å². The van der Waals surface area contributed by atoms with Crippen LogP contribution < -0.4 is 10.6 Å².